The number of oxazole rings is 1. The van der Waals surface area contributed by atoms with Gasteiger partial charge in [0.05, 0.1) is 11.3 Å². The van der Waals surface area contributed by atoms with Crippen molar-refractivity contribution in [2.75, 3.05) is 0 Å². The van der Waals surface area contributed by atoms with Gasteiger partial charge in [0.1, 0.15) is 11.1 Å². The molecule has 2 atom stereocenters. The number of thioether (sulfide) groups is 1. The summed E-state index contributed by atoms with van der Waals surface area (Å²) in [4.78, 5) is 16.6. The highest BCUT2D eigenvalue weighted by Crippen LogP contribution is 2.27. The smallest absolute Gasteiger partial charge is 0.257 e. The third-order valence-corrected chi connectivity index (χ3v) is 4.63. The fraction of sp³-hybridized carbons (Fsp3) is 0.438. The van der Waals surface area contributed by atoms with Gasteiger partial charge < -0.3 is 9.73 Å². The highest BCUT2D eigenvalue weighted by atomic mass is 32.2. The van der Waals surface area contributed by atoms with Crippen LogP contribution in [0.25, 0.3) is 11.1 Å². The van der Waals surface area contributed by atoms with Gasteiger partial charge in [-0.05, 0) is 31.9 Å². The molecule has 0 saturated heterocycles. The third kappa shape index (κ3) is 3.42. The SMILES string of the molecule is CC(C)[C@](C)(C#N)NC(=O)[C@H](C)Sc1nc2ccccc2o1. The highest BCUT2D eigenvalue weighted by Gasteiger charge is 2.32. The Morgan fingerprint density at radius 1 is 1.41 bits per heavy atom. The van der Waals surface area contributed by atoms with E-state index in [9.17, 15) is 10.1 Å². The van der Waals surface area contributed by atoms with Crippen LogP contribution < -0.4 is 5.32 Å². The molecule has 0 aliphatic rings. The highest BCUT2D eigenvalue weighted by molar-refractivity contribution is 8.00. The van der Waals surface area contributed by atoms with E-state index < -0.39 is 10.8 Å². The number of nitrogens with zero attached hydrogens (tertiary/aromatic N) is 2. The molecular weight excluding hydrogens is 298 g/mol. The summed E-state index contributed by atoms with van der Waals surface area (Å²) in [5.74, 6) is -0.187. The van der Waals surface area contributed by atoms with E-state index in [1.807, 2.05) is 38.1 Å². The number of carbonyl (C=O) groups excluding carboxylic acids is 1. The van der Waals surface area contributed by atoms with Crippen molar-refractivity contribution in [3.63, 3.8) is 0 Å². The van der Waals surface area contributed by atoms with E-state index in [-0.39, 0.29) is 11.8 Å². The fourth-order valence-corrected chi connectivity index (χ4v) is 2.52. The molecular formula is C16H19N3O2S. The number of nitrogens with one attached hydrogen (secondary N) is 1. The minimum Gasteiger partial charge on any atom is -0.431 e. The summed E-state index contributed by atoms with van der Waals surface area (Å²) in [5, 5.41) is 12.1. The Labute approximate surface area is 134 Å². The van der Waals surface area contributed by atoms with Gasteiger partial charge in [-0.15, -0.1) is 0 Å². The lowest BCUT2D eigenvalue weighted by Gasteiger charge is -2.28. The van der Waals surface area contributed by atoms with Gasteiger partial charge in [-0.3, -0.25) is 4.79 Å². The van der Waals surface area contributed by atoms with E-state index in [1.165, 1.54) is 11.8 Å². The molecule has 0 aliphatic carbocycles. The summed E-state index contributed by atoms with van der Waals surface area (Å²) in [7, 11) is 0. The first-order valence-corrected chi connectivity index (χ1v) is 7.99. The molecule has 1 amide bonds. The van der Waals surface area contributed by atoms with Gasteiger partial charge in [0, 0.05) is 0 Å². The molecule has 1 aromatic carbocycles. The second-order valence-electron chi connectivity index (χ2n) is 5.67. The Morgan fingerprint density at radius 3 is 2.68 bits per heavy atom. The quantitative estimate of drug-likeness (QED) is 0.855. The number of aromatic nitrogens is 1. The second kappa shape index (κ2) is 6.41. The maximum atomic E-state index is 12.3. The standard InChI is InChI=1S/C16H19N3O2S/c1-10(2)16(4,9-17)19-14(20)11(3)22-15-18-12-7-5-6-8-13(12)21-15/h5-8,10-11H,1-4H3,(H,19,20)/t11-,16-/m0/s1. The van der Waals surface area contributed by atoms with Gasteiger partial charge in [-0.2, -0.15) is 5.26 Å². The Hall–Kier alpha value is -2.00. The van der Waals surface area contributed by atoms with Crippen LogP contribution in [-0.2, 0) is 4.79 Å². The van der Waals surface area contributed by atoms with Gasteiger partial charge in [0.2, 0.25) is 5.91 Å². The molecule has 1 heterocycles. The molecule has 0 saturated carbocycles. The van der Waals surface area contributed by atoms with E-state index in [0.717, 1.165) is 5.52 Å². The predicted molar refractivity (Wildman–Crippen MR) is 86.3 cm³/mol. The average molecular weight is 317 g/mol. The number of rotatable bonds is 5. The number of benzene rings is 1. The van der Waals surface area contributed by atoms with Crippen LogP contribution in [0.3, 0.4) is 0 Å². The Morgan fingerprint density at radius 2 is 2.09 bits per heavy atom. The maximum Gasteiger partial charge on any atom is 0.257 e. The van der Waals surface area contributed by atoms with Gasteiger partial charge in [-0.1, -0.05) is 37.7 Å². The molecule has 5 nitrogen and oxygen atoms in total. The van der Waals surface area contributed by atoms with Crippen LogP contribution in [0.5, 0.6) is 0 Å². The van der Waals surface area contributed by atoms with E-state index in [0.29, 0.717) is 10.8 Å². The molecule has 116 valence electrons. The third-order valence-electron chi connectivity index (χ3n) is 3.69. The Kier molecular flexibility index (Phi) is 4.77. The summed E-state index contributed by atoms with van der Waals surface area (Å²) in [6, 6.07) is 9.62. The lowest BCUT2D eigenvalue weighted by molar-refractivity contribution is -0.121. The molecule has 6 heteroatoms. The van der Waals surface area contributed by atoms with Gasteiger partial charge in [-0.25, -0.2) is 4.98 Å². The Bertz CT molecular complexity index is 686. The van der Waals surface area contributed by atoms with E-state index in [2.05, 4.69) is 16.4 Å². The number of hydrogen-bond donors (Lipinski definition) is 1. The number of fused-ring (bicyclic) bond motifs is 1. The van der Waals surface area contributed by atoms with Gasteiger partial charge in [0.15, 0.2) is 5.58 Å². The van der Waals surface area contributed by atoms with E-state index in [1.54, 1.807) is 13.8 Å². The summed E-state index contributed by atoms with van der Waals surface area (Å²) in [5.41, 5.74) is 0.580. The van der Waals surface area contributed by atoms with Gasteiger partial charge in [0.25, 0.3) is 5.22 Å². The maximum absolute atomic E-state index is 12.3. The zero-order chi connectivity index (χ0) is 16.3. The van der Waals surface area contributed by atoms with Crippen molar-refractivity contribution in [2.24, 2.45) is 5.92 Å². The summed E-state index contributed by atoms with van der Waals surface area (Å²) < 4.78 is 5.60. The molecule has 1 N–H and O–H groups in total. The van der Waals surface area contributed by atoms with Crippen LogP contribution in [0.4, 0.5) is 0 Å². The van der Waals surface area contributed by atoms with Crippen LogP contribution in [0.2, 0.25) is 0 Å². The zero-order valence-electron chi connectivity index (χ0n) is 13.1. The van der Waals surface area contributed by atoms with Crippen molar-refractivity contribution in [1.82, 2.24) is 10.3 Å². The molecule has 0 bridgehead atoms. The van der Waals surface area contributed by atoms with Crippen LogP contribution in [0, 0.1) is 17.2 Å². The number of carbonyl (C=O) groups is 1. The topological polar surface area (TPSA) is 78.9 Å². The number of nitriles is 1. The molecule has 22 heavy (non-hydrogen) atoms. The number of hydrogen-bond acceptors (Lipinski definition) is 5. The van der Waals surface area contributed by atoms with E-state index in [4.69, 9.17) is 4.42 Å². The first kappa shape index (κ1) is 16.4. The minimum absolute atomic E-state index is 0.0166. The molecule has 0 aliphatic heterocycles. The fourth-order valence-electron chi connectivity index (χ4n) is 1.77. The summed E-state index contributed by atoms with van der Waals surface area (Å²) in [6.45, 7) is 7.31. The lowest BCUT2D eigenvalue weighted by Crippen LogP contribution is -2.51. The molecule has 0 spiro atoms. The van der Waals surface area contributed by atoms with Crippen LogP contribution in [0.15, 0.2) is 33.9 Å². The van der Waals surface area contributed by atoms with Crippen molar-refractivity contribution < 1.29 is 9.21 Å². The first-order valence-electron chi connectivity index (χ1n) is 7.11. The van der Waals surface area contributed by atoms with Crippen molar-refractivity contribution in [2.45, 2.75) is 43.7 Å². The molecule has 0 radical (unpaired) electrons. The first-order chi connectivity index (χ1) is 10.4. The van der Waals surface area contributed by atoms with Gasteiger partial charge >= 0.3 is 0 Å². The van der Waals surface area contributed by atoms with Crippen LogP contribution >= 0.6 is 11.8 Å². The summed E-state index contributed by atoms with van der Waals surface area (Å²) >= 11 is 1.24. The largest absolute Gasteiger partial charge is 0.431 e. The van der Waals surface area contributed by atoms with Crippen LogP contribution in [-0.4, -0.2) is 21.7 Å². The molecule has 2 aromatic rings. The minimum atomic E-state index is -0.882. The Balaban J connectivity index is 2.07. The molecule has 0 fully saturated rings. The molecule has 0 unspecified atom stereocenters. The lowest BCUT2D eigenvalue weighted by atomic mass is 9.90. The summed E-state index contributed by atoms with van der Waals surface area (Å²) in [6.07, 6.45) is 0. The zero-order valence-corrected chi connectivity index (χ0v) is 13.9. The normalized spacial score (nSPS) is 15.3. The van der Waals surface area contributed by atoms with Crippen LogP contribution in [0.1, 0.15) is 27.7 Å². The number of para-hydroxylation sites is 2. The van der Waals surface area contributed by atoms with Crippen molar-refractivity contribution in [3.05, 3.63) is 24.3 Å². The molecule has 1 aromatic heterocycles. The second-order valence-corrected chi connectivity index (χ2v) is 6.96. The van der Waals surface area contributed by atoms with Crippen molar-refractivity contribution in [3.8, 4) is 6.07 Å². The monoisotopic (exact) mass is 317 g/mol. The predicted octanol–water partition coefficient (Wildman–Crippen LogP) is 3.36. The van der Waals surface area contributed by atoms with Crippen molar-refractivity contribution >= 4 is 28.8 Å². The average Bonchev–Trinajstić information content (AvgIpc) is 2.88. The number of amides is 1. The van der Waals surface area contributed by atoms with E-state index >= 15 is 0 Å². The molecule has 2 rings (SSSR count). The van der Waals surface area contributed by atoms with Crippen molar-refractivity contribution in [1.29, 1.82) is 5.26 Å².